The number of ether oxygens (including phenoxy) is 1. The summed E-state index contributed by atoms with van der Waals surface area (Å²) in [6.07, 6.45) is 3.70. The van der Waals surface area contributed by atoms with Crippen molar-refractivity contribution in [3.63, 3.8) is 0 Å². The van der Waals surface area contributed by atoms with E-state index in [2.05, 4.69) is 20.9 Å². The lowest BCUT2D eigenvalue weighted by Crippen LogP contribution is -2.26. The third-order valence-electron chi connectivity index (χ3n) is 5.45. The highest BCUT2D eigenvalue weighted by atomic mass is 35.5. The lowest BCUT2D eigenvalue weighted by atomic mass is 10.00. The van der Waals surface area contributed by atoms with Crippen LogP contribution in [0.25, 0.3) is 11.3 Å². The van der Waals surface area contributed by atoms with Gasteiger partial charge in [0.2, 0.25) is 11.8 Å². The Balaban J connectivity index is 1.51. The maximum atomic E-state index is 11.5. The zero-order valence-electron chi connectivity index (χ0n) is 18.0. The van der Waals surface area contributed by atoms with Gasteiger partial charge in [0.1, 0.15) is 12.3 Å². The summed E-state index contributed by atoms with van der Waals surface area (Å²) in [5.41, 5.74) is 5.57. The Kier molecular flexibility index (Phi) is 5.81. The highest BCUT2D eigenvalue weighted by molar-refractivity contribution is 7.89. The lowest BCUT2D eigenvalue weighted by Gasteiger charge is -2.23. The fraction of sp³-hybridized carbons (Fsp3) is 0.318. The summed E-state index contributed by atoms with van der Waals surface area (Å²) < 4.78 is 28.7. The molecule has 11 heteroatoms. The van der Waals surface area contributed by atoms with Crippen LogP contribution in [0.1, 0.15) is 16.8 Å². The standard InChI is InChI=1S/C22H23ClN6O3S/c1-33(30,31)12-13-2-4-14(5-3-13)27-22-28-17-11-24-7-6-15(17)19(29-22)16-10-26-21-20(18(16)23)25-8-9-32-21/h2-5,10,24-25H,6-9,11-12H2,1H3,(H,27,28,29). The summed E-state index contributed by atoms with van der Waals surface area (Å²) in [5.74, 6) is 0.924. The van der Waals surface area contributed by atoms with Gasteiger partial charge in [0.25, 0.3) is 0 Å². The Morgan fingerprint density at radius 2 is 2.00 bits per heavy atom. The van der Waals surface area contributed by atoms with Crippen LogP contribution in [0.5, 0.6) is 5.88 Å². The number of halogens is 1. The van der Waals surface area contributed by atoms with Crippen LogP contribution in [0.2, 0.25) is 5.02 Å². The quantitative estimate of drug-likeness (QED) is 0.500. The van der Waals surface area contributed by atoms with E-state index in [0.29, 0.717) is 42.2 Å². The molecule has 33 heavy (non-hydrogen) atoms. The lowest BCUT2D eigenvalue weighted by molar-refractivity contribution is 0.310. The number of pyridine rings is 1. The highest BCUT2D eigenvalue weighted by Crippen LogP contribution is 2.41. The first-order valence-electron chi connectivity index (χ1n) is 10.6. The van der Waals surface area contributed by atoms with E-state index in [1.165, 1.54) is 6.26 Å². The highest BCUT2D eigenvalue weighted by Gasteiger charge is 2.24. The van der Waals surface area contributed by atoms with Crippen molar-refractivity contribution in [1.29, 1.82) is 0 Å². The molecule has 2 aromatic heterocycles. The van der Waals surface area contributed by atoms with Crippen LogP contribution in [0, 0.1) is 0 Å². The molecule has 172 valence electrons. The summed E-state index contributed by atoms with van der Waals surface area (Å²) >= 11 is 6.76. The van der Waals surface area contributed by atoms with Gasteiger partial charge in [-0.2, -0.15) is 0 Å². The number of benzene rings is 1. The van der Waals surface area contributed by atoms with Gasteiger partial charge in [-0.25, -0.2) is 23.4 Å². The van der Waals surface area contributed by atoms with Gasteiger partial charge in [0.15, 0.2) is 9.84 Å². The summed E-state index contributed by atoms with van der Waals surface area (Å²) in [7, 11) is -3.09. The third-order valence-corrected chi connectivity index (χ3v) is 6.70. The molecule has 4 heterocycles. The fourth-order valence-electron chi connectivity index (χ4n) is 3.98. The zero-order valence-corrected chi connectivity index (χ0v) is 19.6. The van der Waals surface area contributed by atoms with Gasteiger partial charge >= 0.3 is 0 Å². The number of nitrogens with one attached hydrogen (secondary N) is 3. The average Bonchev–Trinajstić information content (AvgIpc) is 2.79. The zero-order chi connectivity index (χ0) is 23.0. The molecule has 0 amide bonds. The van der Waals surface area contributed by atoms with E-state index in [1.54, 1.807) is 18.3 Å². The molecule has 0 saturated carbocycles. The van der Waals surface area contributed by atoms with Crippen molar-refractivity contribution >= 4 is 38.8 Å². The Bertz CT molecular complexity index is 1310. The van der Waals surface area contributed by atoms with E-state index in [4.69, 9.17) is 26.3 Å². The van der Waals surface area contributed by atoms with Crippen LogP contribution >= 0.6 is 11.6 Å². The number of nitrogens with zero attached hydrogens (tertiary/aromatic N) is 3. The van der Waals surface area contributed by atoms with Gasteiger partial charge in [-0.05, 0) is 30.7 Å². The molecule has 3 N–H and O–H groups in total. The molecule has 0 radical (unpaired) electrons. The van der Waals surface area contributed by atoms with E-state index in [0.717, 1.165) is 46.7 Å². The van der Waals surface area contributed by atoms with E-state index in [1.807, 2.05) is 12.1 Å². The average molecular weight is 487 g/mol. The van der Waals surface area contributed by atoms with Crippen molar-refractivity contribution in [2.24, 2.45) is 0 Å². The molecule has 1 aromatic carbocycles. The molecule has 0 aliphatic carbocycles. The SMILES string of the molecule is CS(=O)(=O)Cc1ccc(Nc2nc3c(c(-c4cnc5c(c4Cl)NCCO5)n2)CCNC3)cc1. The first-order valence-corrected chi connectivity index (χ1v) is 13.0. The van der Waals surface area contributed by atoms with Gasteiger partial charge in [-0.15, -0.1) is 0 Å². The third kappa shape index (κ3) is 4.73. The van der Waals surface area contributed by atoms with Crippen molar-refractivity contribution in [3.8, 4) is 17.1 Å². The summed E-state index contributed by atoms with van der Waals surface area (Å²) in [4.78, 5) is 14.0. The summed E-state index contributed by atoms with van der Waals surface area (Å²) in [6.45, 7) is 2.66. The molecule has 5 rings (SSSR count). The second kappa shape index (κ2) is 8.77. The number of hydrogen-bond acceptors (Lipinski definition) is 9. The van der Waals surface area contributed by atoms with Crippen molar-refractivity contribution in [2.75, 3.05) is 36.6 Å². The number of fused-ring (bicyclic) bond motifs is 2. The number of aromatic nitrogens is 3. The number of anilines is 3. The minimum absolute atomic E-state index is 0.0000201. The van der Waals surface area contributed by atoms with Crippen molar-refractivity contribution in [3.05, 3.63) is 52.3 Å². The normalized spacial score (nSPS) is 15.1. The fourth-order valence-corrected chi connectivity index (χ4v) is 5.06. The second-order valence-electron chi connectivity index (χ2n) is 8.08. The van der Waals surface area contributed by atoms with Crippen LogP contribution in [0.15, 0.2) is 30.5 Å². The van der Waals surface area contributed by atoms with Crippen LogP contribution in [-0.2, 0) is 28.6 Å². The Morgan fingerprint density at radius 3 is 2.79 bits per heavy atom. The topological polar surface area (TPSA) is 118 Å². The van der Waals surface area contributed by atoms with Crippen molar-refractivity contribution < 1.29 is 13.2 Å². The Hall–Kier alpha value is -2.95. The largest absolute Gasteiger partial charge is 0.474 e. The Labute approximate surface area is 196 Å². The van der Waals surface area contributed by atoms with Crippen LogP contribution in [0.3, 0.4) is 0 Å². The molecular formula is C22H23ClN6O3S. The molecule has 0 spiro atoms. The smallest absolute Gasteiger partial charge is 0.239 e. The molecule has 0 fully saturated rings. The molecule has 0 saturated heterocycles. The van der Waals surface area contributed by atoms with Gasteiger partial charge in [0.05, 0.1) is 22.2 Å². The number of rotatable bonds is 5. The summed E-state index contributed by atoms with van der Waals surface area (Å²) in [5, 5.41) is 10.4. The molecular weight excluding hydrogens is 464 g/mol. The van der Waals surface area contributed by atoms with Crippen molar-refractivity contribution in [2.45, 2.75) is 18.7 Å². The monoisotopic (exact) mass is 486 g/mol. The van der Waals surface area contributed by atoms with E-state index in [-0.39, 0.29) is 5.75 Å². The predicted molar refractivity (Wildman–Crippen MR) is 128 cm³/mol. The number of sulfone groups is 1. The van der Waals surface area contributed by atoms with E-state index >= 15 is 0 Å². The van der Waals surface area contributed by atoms with Gasteiger partial charge < -0.3 is 20.7 Å². The molecule has 0 unspecified atom stereocenters. The van der Waals surface area contributed by atoms with Crippen LogP contribution < -0.4 is 20.7 Å². The van der Waals surface area contributed by atoms with Crippen molar-refractivity contribution in [1.82, 2.24) is 20.3 Å². The second-order valence-corrected chi connectivity index (χ2v) is 10.6. The first kappa shape index (κ1) is 21.9. The minimum atomic E-state index is -3.09. The van der Waals surface area contributed by atoms with Gasteiger partial charge in [-0.1, -0.05) is 23.7 Å². The predicted octanol–water partition coefficient (Wildman–Crippen LogP) is 2.93. The molecule has 3 aromatic rings. The maximum absolute atomic E-state index is 11.5. The molecule has 2 aliphatic rings. The molecule has 0 bridgehead atoms. The van der Waals surface area contributed by atoms with E-state index < -0.39 is 9.84 Å². The first-order chi connectivity index (χ1) is 15.9. The summed E-state index contributed by atoms with van der Waals surface area (Å²) in [6, 6.07) is 7.19. The molecule has 2 aliphatic heterocycles. The number of hydrogen-bond donors (Lipinski definition) is 3. The minimum Gasteiger partial charge on any atom is -0.474 e. The van der Waals surface area contributed by atoms with E-state index in [9.17, 15) is 8.42 Å². The molecule has 9 nitrogen and oxygen atoms in total. The Morgan fingerprint density at radius 1 is 1.18 bits per heavy atom. The van der Waals surface area contributed by atoms with Gasteiger partial charge in [-0.3, -0.25) is 0 Å². The molecule has 0 atom stereocenters. The van der Waals surface area contributed by atoms with Crippen LogP contribution in [0.4, 0.5) is 17.3 Å². The van der Waals surface area contributed by atoms with Crippen LogP contribution in [-0.4, -0.2) is 49.3 Å². The van der Waals surface area contributed by atoms with Gasteiger partial charge in [0, 0.05) is 42.4 Å². The maximum Gasteiger partial charge on any atom is 0.239 e.